The molecule has 1 aliphatic rings. The molecule has 2 heterocycles. The van der Waals surface area contributed by atoms with E-state index in [9.17, 15) is 9.90 Å². The molecule has 2 rings (SSSR count). The highest BCUT2D eigenvalue weighted by atomic mass is 16.3. The van der Waals surface area contributed by atoms with Gasteiger partial charge in [-0.05, 0) is 12.8 Å². The smallest absolute Gasteiger partial charge is 0.343 e. The lowest BCUT2D eigenvalue weighted by Gasteiger charge is -2.10. The van der Waals surface area contributed by atoms with E-state index in [2.05, 4.69) is 15.5 Å². The van der Waals surface area contributed by atoms with Crippen LogP contribution in [0, 0.1) is 0 Å². The van der Waals surface area contributed by atoms with E-state index in [1.165, 1.54) is 0 Å². The van der Waals surface area contributed by atoms with Crippen molar-refractivity contribution in [3.63, 3.8) is 0 Å². The monoisotopic (exact) mass is 212 g/mol. The Bertz CT molecular complexity index is 384. The minimum atomic E-state index is -0.336. The molecule has 0 saturated carbocycles. The van der Waals surface area contributed by atoms with Crippen LogP contribution in [0.2, 0.25) is 0 Å². The van der Waals surface area contributed by atoms with Crippen LogP contribution in [-0.2, 0) is 6.54 Å². The number of nitrogens with one attached hydrogen (secondary N) is 2. The topological polar surface area (TPSA) is 82.9 Å². The first-order chi connectivity index (χ1) is 7.22. The fourth-order valence-corrected chi connectivity index (χ4v) is 1.95. The van der Waals surface area contributed by atoms with Gasteiger partial charge in [0.1, 0.15) is 0 Å². The summed E-state index contributed by atoms with van der Waals surface area (Å²) >= 11 is 0. The lowest BCUT2D eigenvalue weighted by molar-refractivity contribution is 0.192. The first-order valence-corrected chi connectivity index (χ1v) is 5.29. The Morgan fingerprint density at radius 3 is 3.07 bits per heavy atom. The molecule has 1 saturated heterocycles. The van der Waals surface area contributed by atoms with E-state index < -0.39 is 0 Å². The number of aliphatic hydroxyl groups is 1. The zero-order valence-corrected chi connectivity index (χ0v) is 8.73. The quantitative estimate of drug-likeness (QED) is 0.623. The zero-order valence-electron chi connectivity index (χ0n) is 8.73. The number of β-amino-alcohol motifs (C(OH)–C–C–N with tert-alkyl or cyclic N) is 1. The molecule has 0 aromatic carbocycles. The van der Waals surface area contributed by atoms with Crippen molar-refractivity contribution >= 4 is 0 Å². The highest BCUT2D eigenvalue weighted by molar-refractivity contribution is 4.99. The van der Waals surface area contributed by atoms with Crippen LogP contribution in [-0.4, -0.2) is 32.5 Å². The first kappa shape index (κ1) is 10.4. The Morgan fingerprint density at radius 2 is 2.47 bits per heavy atom. The Morgan fingerprint density at radius 1 is 1.67 bits per heavy atom. The van der Waals surface area contributed by atoms with Crippen molar-refractivity contribution in [3.8, 4) is 0 Å². The Hall–Kier alpha value is -1.14. The average molecular weight is 212 g/mol. The van der Waals surface area contributed by atoms with Crippen molar-refractivity contribution in [1.29, 1.82) is 0 Å². The number of rotatable bonds is 3. The third-order valence-electron chi connectivity index (χ3n) is 2.65. The third-order valence-corrected chi connectivity index (χ3v) is 2.65. The molecule has 0 spiro atoms. The highest BCUT2D eigenvalue weighted by Gasteiger charge is 2.27. The second-order valence-electron chi connectivity index (χ2n) is 3.89. The summed E-state index contributed by atoms with van der Waals surface area (Å²) < 4.78 is 1.63. The minimum absolute atomic E-state index is 0.00880. The predicted molar refractivity (Wildman–Crippen MR) is 54.5 cm³/mol. The predicted octanol–water partition coefficient (Wildman–Crippen LogP) is -0.623. The first-order valence-electron chi connectivity index (χ1n) is 5.29. The molecular formula is C9H16N4O2. The second-order valence-corrected chi connectivity index (χ2v) is 3.89. The maximum atomic E-state index is 11.4. The van der Waals surface area contributed by atoms with Gasteiger partial charge in [0.2, 0.25) is 0 Å². The SMILES string of the molecule is CCCn1c([C@@H]2C[C@@H](O)CN2)n[nH]c1=O. The van der Waals surface area contributed by atoms with Crippen molar-refractivity contribution < 1.29 is 5.11 Å². The number of hydrogen-bond acceptors (Lipinski definition) is 4. The summed E-state index contributed by atoms with van der Waals surface area (Å²) in [6, 6.07) is -0.00880. The molecule has 0 radical (unpaired) electrons. The summed E-state index contributed by atoms with van der Waals surface area (Å²) in [6.07, 6.45) is 1.17. The van der Waals surface area contributed by atoms with Gasteiger partial charge in [-0.3, -0.25) is 4.57 Å². The van der Waals surface area contributed by atoms with Gasteiger partial charge in [-0.25, -0.2) is 9.89 Å². The highest BCUT2D eigenvalue weighted by Crippen LogP contribution is 2.20. The molecule has 1 aromatic heterocycles. The average Bonchev–Trinajstić information content (AvgIpc) is 2.76. The van der Waals surface area contributed by atoms with Gasteiger partial charge in [0.25, 0.3) is 0 Å². The third kappa shape index (κ3) is 1.95. The summed E-state index contributed by atoms with van der Waals surface area (Å²) in [6.45, 7) is 3.25. The van der Waals surface area contributed by atoms with Crippen molar-refractivity contribution in [2.75, 3.05) is 6.54 Å². The van der Waals surface area contributed by atoms with E-state index in [-0.39, 0.29) is 17.8 Å². The molecule has 1 aromatic rings. The summed E-state index contributed by atoms with van der Waals surface area (Å²) in [5.74, 6) is 0.707. The van der Waals surface area contributed by atoms with Gasteiger partial charge >= 0.3 is 5.69 Å². The van der Waals surface area contributed by atoms with Crippen molar-refractivity contribution in [2.24, 2.45) is 0 Å². The number of aliphatic hydroxyl groups excluding tert-OH is 1. The molecule has 6 heteroatoms. The van der Waals surface area contributed by atoms with Gasteiger partial charge in [0, 0.05) is 13.1 Å². The molecule has 1 aliphatic heterocycles. The van der Waals surface area contributed by atoms with Crippen LogP contribution < -0.4 is 11.0 Å². The van der Waals surface area contributed by atoms with Gasteiger partial charge in [0.05, 0.1) is 12.1 Å². The zero-order chi connectivity index (χ0) is 10.8. The van der Waals surface area contributed by atoms with Gasteiger partial charge in [0.15, 0.2) is 5.82 Å². The maximum Gasteiger partial charge on any atom is 0.343 e. The standard InChI is InChI=1S/C9H16N4O2/c1-2-3-13-8(11-12-9(13)15)7-4-6(14)5-10-7/h6-7,10,14H,2-5H2,1H3,(H,12,15)/t6-,7+/m1/s1. The number of nitrogens with zero attached hydrogens (tertiary/aromatic N) is 2. The molecule has 2 atom stereocenters. The maximum absolute atomic E-state index is 11.4. The molecule has 15 heavy (non-hydrogen) atoms. The molecule has 0 unspecified atom stereocenters. The van der Waals surface area contributed by atoms with Crippen LogP contribution in [0.25, 0.3) is 0 Å². The van der Waals surface area contributed by atoms with Gasteiger partial charge < -0.3 is 10.4 Å². The normalized spacial score (nSPS) is 26.0. The van der Waals surface area contributed by atoms with Gasteiger partial charge in [-0.1, -0.05) is 6.92 Å². The lowest BCUT2D eigenvalue weighted by atomic mass is 10.2. The molecule has 0 aliphatic carbocycles. The van der Waals surface area contributed by atoms with Crippen LogP contribution in [0.1, 0.15) is 31.6 Å². The van der Waals surface area contributed by atoms with Gasteiger partial charge in [-0.2, -0.15) is 5.10 Å². The number of aromatic nitrogens is 3. The van der Waals surface area contributed by atoms with Crippen LogP contribution in [0.3, 0.4) is 0 Å². The summed E-state index contributed by atoms with van der Waals surface area (Å²) in [7, 11) is 0. The summed E-state index contributed by atoms with van der Waals surface area (Å²) in [4.78, 5) is 11.4. The molecule has 84 valence electrons. The van der Waals surface area contributed by atoms with E-state index in [1.807, 2.05) is 6.92 Å². The van der Waals surface area contributed by atoms with E-state index in [4.69, 9.17) is 0 Å². The lowest BCUT2D eigenvalue weighted by Crippen LogP contribution is -2.23. The van der Waals surface area contributed by atoms with Crippen molar-refractivity contribution in [3.05, 3.63) is 16.3 Å². The largest absolute Gasteiger partial charge is 0.392 e. The second kappa shape index (κ2) is 4.16. The Kier molecular flexibility index (Phi) is 2.88. The number of aromatic amines is 1. The van der Waals surface area contributed by atoms with E-state index >= 15 is 0 Å². The molecular weight excluding hydrogens is 196 g/mol. The van der Waals surface area contributed by atoms with Crippen LogP contribution in [0.4, 0.5) is 0 Å². The van der Waals surface area contributed by atoms with Crippen LogP contribution >= 0.6 is 0 Å². The van der Waals surface area contributed by atoms with E-state index in [0.29, 0.717) is 25.3 Å². The Labute approximate surface area is 87.3 Å². The Balaban J connectivity index is 2.24. The number of H-pyrrole nitrogens is 1. The molecule has 3 N–H and O–H groups in total. The van der Waals surface area contributed by atoms with Crippen LogP contribution in [0.15, 0.2) is 4.79 Å². The number of hydrogen-bond donors (Lipinski definition) is 3. The molecule has 1 fully saturated rings. The molecule has 0 amide bonds. The molecule has 6 nitrogen and oxygen atoms in total. The van der Waals surface area contributed by atoms with Crippen molar-refractivity contribution in [1.82, 2.24) is 20.1 Å². The summed E-state index contributed by atoms with van der Waals surface area (Å²) in [5.41, 5.74) is -0.171. The fourth-order valence-electron chi connectivity index (χ4n) is 1.95. The van der Waals surface area contributed by atoms with E-state index in [1.54, 1.807) is 4.57 Å². The fraction of sp³-hybridized carbons (Fsp3) is 0.778. The minimum Gasteiger partial charge on any atom is -0.392 e. The molecule has 0 bridgehead atoms. The summed E-state index contributed by atoms with van der Waals surface area (Å²) in [5, 5.41) is 19.0. The van der Waals surface area contributed by atoms with E-state index in [0.717, 1.165) is 6.42 Å². The van der Waals surface area contributed by atoms with Crippen LogP contribution in [0.5, 0.6) is 0 Å². The van der Waals surface area contributed by atoms with Crippen molar-refractivity contribution in [2.45, 2.75) is 38.5 Å². The van der Waals surface area contributed by atoms with Gasteiger partial charge in [-0.15, -0.1) is 0 Å².